The second kappa shape index (κ2) is 4.63. The number of aryl methyl sites for hydroxylation is 2. The summed E-state index contributed by atoms with van der Waals surface area (Å²) in [6, 6.07) is 0. The highest BCUT2D eigenvalue weighted by Crippen LogP contribution is 2.15. The third-order valence-electron chi connectivity index (χ3n) is 2.82. The molecule has 2 aromatic rings. The summed E-state index contributed by atoms with van der Waals surface area (Å²) in [5.41, 5.74) is 1.72. The lowest BCUT2D eigenvalue weighted by Crippen LogP contribution is -2.18. The molecule has 0 atom stereocenters. The summed E-state index contributed by atoms with van der Waals surface area (Å²) >= 11 is 0. The predicted molar refractivity (Wildman–Crippen MR) is 65.3 cm³/mol. The van der Waals surface area contributed by atoms with Crippen molar-refractivity contribution in [3.63, 3.8) is 0 Å². The van der Waals surface area contributed by atoms with Gasteiger partial charge in [0.25, 0.3) is 11.5 Å². The monoisotopic (exact) mass is 263 g/mol. The Morgan fingerprint density at radius 1 is 1.26 bits per heavy atom. The summed E-state index contributed by atoms with van der Waals surface area (Å²) in [5, 5.41) is 20.6. The van der Waals surface area contributed by atoms with Crippen LogP contribution in [0.2, 0.25) is 0 Å². The van der Waals surface area contributed by atoms with Gasteiger partial charge in [-0.3, -0.25) is 14.6 Å². The van der Waals surface area contributed by atoms with Gasteiger partial charge in [-0.1, -0.05) is 0 Å². The van der Waals surface area contributed by atoms with E-state index in [9.17, 15) is 9.59 Å². The van der Waals surface area contributed by atoms with Crippen LogP contribution < -0.4 is 5.56 Å². The Morgan fingerprint density at radius 3 is 2.53 bits per heavy atom. The lowest BCUT2D eigenvalue weighted by Gasteiger charge is -2.02. The van der Waals surface area contributed by atoms with E-state index in [1.165, 1.54) is 4.68 Å². The lowest BCUT2D eigenvalue weighted by molar-refractivity contribution is -0.136. The Kier molecular flexibility index (Phi) is 3.16. The molecular formula is C11H13N5O3. The van der Waals surface area contributed by atoms with Gasteiger partial charge < -0.3 is 5.11 Å². The molecule has 0 bridgehead atoms. The van der Waals surface area contributed by atoms with Crippen molar-refractivity contribution in [1.29, 1.82) is 0 Å². The van der Waals surface area contributed by atoms with E-state index in [-0.39, 0.29) is 23.6 Å². The van der Waals surface area contributed by atoms with Crippen LogP contribution in [-0.2, 0) is 11.2 Å². The van der Waals surface area contributed by atoms with Crippen molar-refractivity contribution in [3.8, 4) is 5.95 Å². The summed E-state index contributed by atoms with van der Waals surface area (Å²) < 4.78 is 1.39. The Morgan fingerprint density at radius 2 is 1.95 bits per heavy atom. The van der Waals surface area contributed by atoms with Crippen LogP contribution in [0.5, 0.6) is 0 Å². The molecule has 8 heteroatoms. The standard InChI is InChI=1S/C11H13N5O3/c1-5-8(4-9(17)18)7(3)16(15-5)11-12-10(19)6(2)13-14-11/h4H2,1-3H3,(H,17,18)(H,12,14,19). The maximum atomic E-state index is 11.5. The molecule has 2 rings (SSSR count). The largest absolute Gasteiger partial charge is 0.481 e. The van der Waals surface area contributed by atoms with Gasteiger partial charge >= 0.3 is 5.97 Å². The van der Waals surface area contributed by atoms with Gasteiger partial charge in [0.1, 0.15) is 5.69 Å². The van der Waals surface area contributed by atoms with E-state index in [2.05, 4.69) is 20.3 Å². The van der Waals surface area contributed by atoms with Gasteiger partial charge in [0.15, 0.2) is 0 Å². The second-order valence-corrected chi connectivity index (χ2v) is 4.19. The number of carboxylic acid groups (broad SMARTS) is 1. The molecule has 0 fully saturated rings. The molecule has 0 aliphatic heterocycles. The van der Waals surface area contributed by atoms with Gasteiger partial charge in [0.05, 0.1) is 12.1 Å². The van der Waals surface area contributed by atoms with E-state index >= 15 is 0 Å². The minimum absolute atomic E-state index is 0.124. The number of hydrogen-bond donors (Lipinski definition) is 2. The number of H-pyrrole nitrogens is 1. The molecule has 0 radical (unpaired) electrons. The number of aliphatic carboxylic acids is 1. The Labute approximate surface area is 108 Å². The van der Waals surface area contributed by atoms with Crippen molar-refractivity contribution in [2.24, 2.45) is 0 Å². The smallest absolute Gasteiger partial charge is 0.307 e. The Bertz CT molecular complexity index is 701. The van der Waals surface area contributed by atoms with E-state index in [1.807, 2.05) is 0 Å². The average Bonchev–Trinajstić information content (AvgIpc) is 2.60. The first kappa shape index (κ1) is 12.9. The fourth-order valence-corrected chi connectivity index (χ4v) is 1.77. The molecule has 8 nitrogen and oxygen atoms in total. The number of nitrogens with one attached hydrogen (secondary N) is 1. The Balaban J connectivity index is 2.54. The summed E-state index contributed by atoms with van der Waals surface area (Å²) in [6.45, 7) is 4.98. The van der Waals surface area contributed by atoms with Crippen molar-refractivity contribution >= 4 is 5.97 Å². The zero-order valence-corrected chi connectivity index (χ0v) is 10.8. The third kappa shape index (κ3) is 2.37. The van der Waals surface area contributed by atoms with Crippen LogP contribution in [0.4, 0.5) is 0 Å². The number of carboxylic acids is 1. The fourth-order valence-electron chi connectivity index (χ4n) is 1.77. The molecule has 0 amide bonds. The van der Waals surface area contributed by atoms with Gasteiger partial charge in [-0.2, -0.15) is 5.10 Å². The first-order chi connectivity index (χ1) is 8.90. The quantitative estimate of drug-likeness (QED) is 0.799. The van der Waals surface area contributed by atoms with Gasteiger partial charge in [-0.05, 0) is 20.8 Å². The van der Waals surface area contributed by atoms with Crippen LogP contribution in [0.25, 0.3) is 5.95 Å². The highest BCUT2D eigenvalue weighted by atomic mass is 16.4. The molecule has 19 heavy (non-hydrogen) atoms. The van der Waals surface area contributed by atoms with E-state index < -0.39 is 5.97 Å². The molecule has 0 aromatic carbocycles. The van der Waals surface area contributed by atoms with Crippen molar-refractivity contribution in [3.05, 3.63) is 33.0 Å². The summed E-state index contributed by atoms with van der Waals surface area (Å²) in [6.07, 6.45) is -0.124. The van der Waals surface area contributed by atoms with Gasteiger partial charge in [0.2, 0.25) is 0 Å². The number of nitrogens with zero attached hydrogens (tertiary/aromatic N) is 4. The molecule has 0 unspecified atom stereocenters. The van der Waals surface area contributed by atoms with Crippen LogP contribution in [-0.4, -0.2) is 36.0 Å². The number of carbonyl (C=O) groups is 1. The summed E-state index contributed by atoms with van der Waals surface area (Å²) in [5.74, 6) is -0.762. The van der Waals surface area contributed by atoms with Gasteiger partial charge in [-0.15, -0.1) is 10.2 Å². The molecule has 0 spiro atoms. The van der Waals surface area contributed by atoms with Crippen molar-refractivity contribution in [2.45, 2.75) is 27.2 Å². The van der Waals surface area contributed by atoms with E-state index in [0.717, 1.165) is 0 Å². The normalized spacial score (nSPS) is 10.7. The first-order valence-corrected chi connectivity index (χ1v) is 5.61. The highest BCUT2D eigenvalue weighted by Gasteiger charge is 2.16. The number of hydrogen-bond acceptors (Lipinski definition) is 5. The molecule has 2 heterocycles. The predicted octanol–water partition coefficient (Wildman–Crippen LogP) is -0.0970. The maximum Gasteiger partial charge on any atom is 0.307 e. The molecular weight excluding hydrogens is 250 g/mol. The molecule has 0 aliphatic rings. The zero-order valence-electron chi connectivity index (χ0n) is 10.8. The SMILES string of the molecule is Cc1nn(-c2nnc(C)c(=O)[nH]2)c(C)c1CC(=O)O. The van der Waals surface area contributed by atoms with Crippen LogP contribution in [0, 0.1) is 20.8 Å². The summed E-state index contributed by atoms with van der Waals surface area (Å²) in [4.78, 5) is 24.8. The van der Waals surface area contributed by atoms with Crippen LogP contribution in [0.3, 0.4) is 0 Å². The highest BCUT2D eigenvalue weighted by molar-refractivity contribution is 5.71. The second-order valence-electron chi connectivity index (χ2n) is 4.19. The summed E-state index contributed by atoms with van der Waals surface area (Å²) in [7, 11) is 0. The Hall–Kier alpha value is -2.51. The maximum absolute atomic E-state index is 11.5. The third-order valence-corrected chi connectivity index (χ3v) is 2.82. The van der Waals surface area contributed by atoms with E-state index in [1.54, 1.807) is 20.8 Å². The number of aromatic amines is 1. The lowest BCUT2D eigenvalue weighted by atomic mass is 10.1. The van der Waals surface area contributed by atoms with Crippen molar-refractivity contribution in [1.82, 2.24) is 25.0 Å². The van der Waals surface area contributed by atoms with Crippen LogP contribution in [0.1, 0.15) is 22.6 Å². The van der Waals surface area contributed by atoms with E-state index in [0.29, 0.717) is 17.0 Å². The topological polar surface area (TPSA) is 114 Å². The molecule has 0 saturated carbocycles. The van der Waals surface area contributed by atoms with Crippen molar-refractivity contribution < 1.29 is 9.90 Å². The molecule has 0 saturated heterocycles. The van der Waals surface area contributed by atoms with Gasteiger partial charge in [-0.25, -0.2) is 4.68 Å². The zero-order chi connectivity index (χ0) is 14.2. The molecule has 100 valence electrons. The molecule has 2 N–H and O–H groups in total. The average molecular weight is 263 g/mol. The van der Waals surface area contributed by atoms with Crippen LogP contribution >= 0.6 is 0 Å². The number of aromatic nitrogens is 5. The van der Waals surface area contributed by atoms with Crippen LogP contribution in [0.15, 0.2) is 4.79 Å². The minimum Gasteiger partial charge on any atom is -0.481 e. The molecule has 2 aromatic heterocycles. The fraction of sp³-hybridized carbons (Fsp3) is 0.364. The van der Waals surface area contributed by atoms with Crippen molar-refractivity contribution in [2.75, 3.05) is 0 Å². The molecule has 0 aliphatic carbocycles. The van der Waals surface area contributed by atoms with Gasteiger partial charge in [0, 0.05) is 11.3 Å². The first-order valence-electron chi connectivity index (χ1n) is 5.61. The van der Waals surface area contributed by atoms with E-state index in [4.69, 9.17) is 5.11 Å². The minimum atomic E-state index is -0.936. The number of rotatable bonds is 3.